The van der Waals surface area contributed by atoms with E-state index in [1.54, 1.807) is 0 Å². The fourth-order valence-electron chi connectivity index (χ4n) is 6.58. The summed E-state index contributed by atoms with van der Waals surface area (Å²) in [7, 11) is 0. The number of hydrogen-bond acceptors (Lipinski definition) is 3. The van der Waals surface area contributed by atoms with E-state index in [0.29, 0.717) is 0 Å². The molecule has 0 N–H and O–H groups in total. The first kappa shape index (κ1) is 23.6. The van der Waals surface area contributed by atoms with E-state index in [1.165, 1.54) is 47.3 Å². The van der Waals surface area contributed by atoms with Crippen LogP contribution in [0.4, 0.5) is 17.1 Å². The molecular formula is C39H25NOS. The van der Waals surface area contributed by atoms with Crippen LogP contribution in [0.3, 0.4) is 0 Å². The minimum atomic E-state index is 0.895. The zero-order valence-electron chi connectivity index (χ0n) is 23.0. The maximum absolute atomic E-state index is 6.59. The number of para-hydroxylation sites is 2. The molecule has 0 saturated carbocycles. The molecule has 0 atom stereocenters. The van der Waals surface area contributed by atoms with Crippen LogP contribution in [0.1, 0.15) is 5.56 Å². The van der Waals surface area contributed by atoms with Crippen LogP contribution < -0.4 is 4.90 Å². The van der Waals surface area contributed by atoms with Gasteiger partial charge in [-0.1, -0.05) is 91.0 Å². The molecule has 0 spiro atoms. The van der Waals surface area contributed by atoms with Gasteiger partial charge in [0, 0.05) is 42.0 Å². The third-order valence-corrected chi connectivity index (χ3v) is 9.55. The topological polar surface area (TPSA) is 16.4 Å². The van der Waals surface area contributed by atoms with Gasteiger partial charge in [0.1, 0.15) is 5.58 Å². The third-order valence-electron chi connectivity index (χ3n) is 8.45. The molecule has 7 aromatic carbocycles. The first-order chi connectivity index (χ1) is 20.7. The van der Waals surface area contributed by atoms with Gasteiger partial charge in [-0.15, -0.1) is 11.3 Å². The zero-order valence-corrected chi connectivity index (χ0v) is 23.8. The molecule has 9 rings (SSSR count). The van der Waals surface area contributed by atoms with E-state index in [0.717, 1.165) is 39.0 Å². The SMILES string of the molecule is Cc1cccc(N(c2cc3sc4cc5ccccc5cc4c3c3ccccc23)c2cccc3c2oc2ccccc23)c1. The van der Waals surface area contributed by atoms with Crippen molar-refractivity contribution in [2.24, 2.45) is 0 Å². The highest BCUT2D eigenvalue weighted by atomic mass is 32.1. The van der Waals surface area contributed by atoms with E-state index in [1.807, 2.05) is 17.4 Å². The summed E-state index contributed by atoms with van der Waals surface area (Å²) in [5.41, 5.74) is 6.30. The Kier molecular flexibility index (Phi) is 5.02. The molecule has 3 heteroatoms. The lowest BCUT2D eigenvalue weighted by molar-refractivity contribution is 0.669. The van der Waals surface area contributed by atoms with Crippen molar-refractivity contribution in [1.82, 2.24) is 0 Å². The van der Waals surface area contributed by atoms with E-state index in [2.05, 4.69) is 139 Å². The molecule has 0 amide bonds. The fourth-order valence-corrected chi connectivity index (χ4v) is 7.76. The number of aryl methyl sites for hydroxylation is 1. The summed E-state index contributed by atoms with van der Waals surface area (Å²) in [4.78, 5) is 2.39. The van der Waals surface area contributed by atoms with Gasteiger partial charge in [0.25, 0.3) is 0 Å². The molecule has 2 heterocycles. The average Bonchev–Trinajstić information content (AvgIpc) is 3.58. The second kappa shape index (κ2) is 8.94. The van der Waals surface area contributed by atoms with Crippen molar-refractivity contribution in [3.8, 4) is 0 Å². The van der Waals surface area contributed by atoms with E-state index in [4.69, 9.17) is 4.42 Å². The Balaban J connectivity index is 1.41. The van der Waals surface area contributed by atoms with Crippen LogP contribution in [0.2, 0.25) is 0 Å². The summed E-state index contributed by atoms with van der Waals surface area (Å²) in [6, 6.07) is 48.2. The highest BCUT2D eigenvalue weighted by molar-refractivity contribution is 7.26. The monoisotopic (exact) mass is 555 g/mol. The molecule has 42 heavy (non-hydrogen) atoms. The zero-order chi connectivity index (χ0) is 27.8. The molecule has 0 fully saturated rings. The second-order valence-corrected chi connectivity index (χ2v) is 12.1. The molecule has 2 nitrogen and oxygen atoms in total. The minimum absolute atomic E-state index is 0.895. The van der Waals surface area contributed by atoms with E-state index >= 15 is 0 Å². The van der Waals surface area contributed by atoms with Crippen LogP contribution in [0.5, 0.6) is 0 Å². The van der Waals surface area contributed by atoms with Crippen LogP contribution in [0.25, 0.3) is 63.7 Å². The molecule has 0 saturated heterocycles. The van der Waals surface area contributed by atoms with E-state index in [-0.39, 0.29) is 0 Å². The highest BCUT2D eigenvalue weighted by Crippen LogP contribution is 2.48. The Morgan fingerprint density at radius 1 is 0.524 bits per heavy atom. The van der Waals surface area contributed by atoms with Crippen LogP contribution >= 0.6 is 11.3 Å². The van der Waals surface area contributed by atoms with Gasteiger partial charge in [-0.2, -0.15) is 0 Å². The van der Waals surface area contributed by atoms with Crippen molar-refractivity contribution in [3.05, 3.63) is 139 Å². The van der Waals surface area contributed by atoms with Crippen LogP contribution in [0, 0.1) is 6.92 Å². The Hall–Kier alpha value is -5.12. The Morgan fingerprint density at radius 2 is 1.24 bits per heavy atom. The highest BCUT2D eigenvalue weighted by Gasteiger charge is 2.23. The summed E-state index contributed by atoms with van der Waals surface area (Å²) in [5.74, 6) is 0. The molecular weight excluding hydrogens is 531 g/mol. The molecule has 0 aliphatic carbocycles. The summed E-state index contributed by atoms with van der Waals surface area (Å²) in [6.45, 7) is 2.15. The van der Waals surface area contributed by atoms with Gasteiger partial charge in [-0.25, -0.2) is 0 Å². The average molecular weight is 556 g/mol. The van der Waals surface area contributed by atoms with Gasteiger partial charge in [0.15, 0.2) is 5.58 Å². The molecule has 198 valence electrons. The van der Waals surface area contributed by atoms with Gasteiger partial charge in [0.05, 0.1) is 11.4 Å². The third kappa shape index (κ3) is 3.44. The van der Waals surface area contributed by atoms with Crippen molar-refractivity contribution in [3.63, 3.8) is 0 Å². The quantitative estimate of drug-likeness (QED) is 0.216. The lowest BCUT2D eigenvalue weighted by atomic mass is 9.99. The number of nitrogens with zero attached hydrogens (tertiary/aromatic N) is 1. The van der Waals surface area contributed by atoms with Gasteiger partial charge in [0.2, 0.25) is 0 Å². The number of fused-ring (bicyclic) bond motifs is 9. The predicted octanol–water partition coefficient (Wildman–Crippen LogP) is 12.0. The first-order valence-electron chi connectivity index (χ1n) is 14.3. The molecule has 0 radical (unpaired) electrons. The van der Waals surface area contributed by atoms with Crippen molar-refractivity contribution in [2.75, 3.05) is 4.90 Å². The summed E-state index contributed by atoms with van der Waals surface area (Å²) >= 11 is 1.87. The number of furan rings is 1. The van der Waals surface area contributed by atoms with E-state index < -0.39 is 0 Å². The van der Waals surface area contributed by atoms with Gasteiger partial charge >= 0.3 is 0 Å². The van der Waals surface area contributed by atoms with Gasteiger partial charge < -0.3 is 9.32 Å². The van der Waals surface area contributed by atoms with E-state index in [9.17, 15) is 0 Å². The smallest absolute Gasteiger partial charge is 0.159 e. The molecule has 0 aliphatic heterocycles. The molecule has 2 aromatic heterocycles. The molecule has 0 aliphatic rings. The number of benzene rings is 7. The minimum Gasteiger partial charge on any atom is -0.454 e. The maximum atomic E-state index is 6.59. The Bertz CT molecular complexity index is 2500. The van der Waals surface area contributed by atoms with Crippen LogP contribution in [-0.2, 0) is 0 Å². The number of hydrogen-bond donors (Lipinski definition) is 0. The van der Waals surface area contributed by atoms with Crippen molar-refractivity contribution < 1.29 is 4.42 Å². The molecule has 0 bridgehead atoms. The lowest BCUT2D eigenvalue weighted by Gasteiger charge is -2.27. The normalized spacial score (nSPS) is 11.9. The number of anilines is 3. The van der Waals surface area contributed by atoms with Crippen molar-refractivity contribution >= 4 is 92.1 Å². The fraction of sp³-hybridized carbons (Fsp3) is 0.0256. The predicted molar refractivity (Wildman–Crippen MR) is 181 cm³/mol. The van der Waals surface area contributed by atoms with Gasteiger partial charge in [-0.05, 0) is 71.1 Å². The summed E-state index contributed by atoms with van der Waals surface area (Å²) < 4.78 is 9.18. The number of thiophene rings is 1. The molecule has 0 unspecified atom stereocenters. The largest absolute Gasteiger partial charge is 0.454 e. The van der Waals surface area contributed by atoms with Gasteiger partial charge in [-0.3, -0.25) is 0 Å². The first-order valence-corrected chi connectivity index (χ1v) is 15.1. The number of rotatable bonds is 3. The standard InChI is InChI=1S/C39H25NOS/c1-24-10-8-13-27(20-24)40(33-18-9-17-31-29-15-6-7-19-35(29)41-39(31)33)34-23-37-38(30-16-5-4-14-28(30)34)32-21-25-11-2-3-12-26(25)22-36(32)42-37/h2-23H,1H3. The summed E-state index contributed by atoms with van der Waals surface area (Å²) in [5, 5.41) is 9.93. The Morgan fingerprint density at radius 3 is 2.10 bits per heavy atom. The van der Waals surface area contributed by atoms with Crippen molar-refractivity contribution in [1.29, 1.82) is 0 Å². The van der Waals surface area contributed by atoms with Crippen molar-refractivity contribution in [2.45, 2.75) is 6.92 Å². The Labute approximate surface area is 246 Å². The lowest BCUT2D eigenvalue weighted by Crippen LogP contribution is -2.11. The maximum Gasteiger partial charge on any atom is 0.159 e. The second-order valence-electron chi connectivity index (χ2n) is 11.0. The van der Waals surface area contributed by atoms with Crippen LogP contribution in [-0.4, -0.2) is 0 Å². The molecule has 9 aromatic rings. The summed E-state index contributed by atoms with van der Waals surface area (Å²) in [6.07, 6.45) is 0. The van der Waals surface area contributed by atoms with Crippen LogP contribution in [0.15, 0.2) is 138 Å².